The van der Waals surface area contributed by atoms with E-state index in [1.165, 1.54) is 0 Å². The van der Waals surface area contributed by atoms with Gasteiger partial charge in [-0.05, 0) is 43.7 Å². The van der Waals surface area contributed by atoms with Crippen LogP contribution in [0.15, 0.2) is 28.8 Å². The minimum Gasteiger partial charge on any atom is -0.497 e. The van der Waals surface area contributed by atoms with Gasteiger partial charge in [0.1, 0.15) is 5.75 Å². The van der Waals surface area contributed by atoms with E-state index in [-0.39, 0.29) is 5.91 Å². The molecule has 0 bridgehead atoms. The molecule has 1 aromatic carbocycles. The summed E-state index contributed by atoms with van der Waals surface area (Å²) in [5, 5.41) is 7.29. The van der Waals surface area contributed by atoms with E-state index in [0.717, 1.165) is 30.8 Å². The Morgan fingerprint density at radius 3 is 2.88 bits per heavy atom. The number of nitrogens with zero attached hydrogens (tertiary/aromatic N) is 3. The summed E-state index contributed by atoms with van der Waals surface area (Å²) in [7, 11) is 3.51. The summed E-state index contributed by atoms with van der Waals surface area (Å²) < 4.78 is 10.4. The van der Waals surface area contributed by atoms with Crippen LogP contribution in [0.3, 0.4) is 0 Å². The van der Waals surface area contributed by atoms with Crippen LogP contribution in [0.25, 0.3) is 11.4 Å². The molecule has 1 aromatic heterocycles. The average molecular weight is 344 g/mol. The highest BCUT2D eigenvalue weighted by Gasteiger charge is 2.22. The highest BCUT2D eigenvalue weighted by molar-refractivity contribution is 5.76. The van der Waals surface area contributed by atoms with E-state index in [1.807, 2.05) is 36.2 Å². The SMILES string of the molecule is COc1ccc(-c2noc(CCCC(=O)N(C)C3CCNC3)n2)cc1. The van der Waals surface area contributed by atoms with Gasteiger partial charge in [-0.15, -0.1) is 0 Å². The van der Waals surface area contributed by atoms with Crippen molar-refractivity contribution in [3.63, 3.8) is 0 Å². The van der Waals surface area contributed by atoms with Gasteiger partial charge >= 0.3 is 0 Å². The van der Waals surface area contributed by atoms with E-state index >= 15 is 0 Å². The molecule has 3 rings (SSSR count). The molecule has 2 aromatic rings. The number of ether oxygens (including phenoxy) is 1. The van der Waals surface area contributed by atoms with Crippen LogP contribution in [0.1, 0.15) is 25.2 Å². The zero-order valence-corrected chi connectivity index (χ0v) is 14.7. The molecule has 1 fully saturated rings. The molecular weight excluding hydrogens is 320 g/mol. The predicted molar refractivity (Wildman–Crippen MR) is 93.3 cm³/mol. The number of amides is 1. The highest BCUT2D eigenvalue weighted by atomic mass is 16.5. The molecule has 1 atom stereocenters. The summed E-state index contributed by atoms with van der Waals surface area (Å²) in [6, 6.07) is 7.82. The third-order valence-corrected chi connectivity index (χ3v) is 4.57. The molecule has 1 N–H and O–H groups in total. The van der Waals surface area contributed by atoms with E-state index in [4.69, 9.17) is 9.26 Å². The van der Waals surface area contributed by atoms with E-state index < -0.39 is 0 Å². The van der Waals surface area contributed by atoms with Crippen molar-refractivity contribution in [1.82, 2.24) is 20.4 Å². The molecule has 0 spiro atoms. The summed E-state index contributed by atoms with van der Waals surface area (Å²) in [5.41, 5.74) is 0.875. The lowest BCUT2D eigenvalue weighted by molar-refractivity contribution is -0.131. The normalized spacial score (nSPS) is 16.8. The van der Waals surface area contributed by atoms with Crippen molar-refractivity contribution in [3.05, 3.63) is 30.2 Å². The molecule has 1 unspecified atom stereocenters. The Hall–Kier alpha value is -2.41. The first-order valence-corrected chi connectivity index (χ1v) is 8.61. The van der Waals surface area contributed by atoms with Crippen LogP contribution in [-0.4, -0.2) is 54.2 Å². The largest absolute Gasteiger partial charge is 0.497 e. The molecule has 0 radical (unpaired) electrons. The summed E-state index contributed by atoms with van der Waals surface area (Å²) in [4.78, 5) is 18.5. The van der Waals surface area contributed by atoms with Gasteiger partial charge in [0.2, 0.25) is 17.6 Å². The van der Waals surface area contributed by atoms with Gasteiger partial charge in [-0.2, -0.15) is 4.98 Å². The van der Waals surface area contributed by atoms with Crippen molar-refractivity contribution in [1.29, 1.82) is 0 Å². The van der Waals surface area contributed by atoms with E-state index in [0.29, 0.717) is 37.0 Å². The van der Waals surface area contributed by atoms with Crippen molar-refractivity contribution in [2.24, 2.45) is 0 Å². The van der Waals surface area contributed by atoms with Gasteiger partial charge in [0.05, 0.1) is 7.11 Å². The molecule has 25 heavy (non-hydrogen) atoms. The van der Waals surface area contributed by atoms with Gasteiger partial charge in [-0.3, -0.25) is 4.79 Å². The maximum atomic E-state index is 12.2. The number of aryl methyl sites for hydroxylation is 1. The summed E-state index contributed by atoms with van der Waals surface area (Å²) in [5.74, 6) is 2.07. The Balaban J connectivity index is 1.48. The third-order valence-electron chi connectivity index (χ3n) is 4.57. The number of hydrogen-bond acceptors (Lipinski definition) is 6. The molecule has 134 valence electrons. The molecule has 2 heterocycles. The molecule has 1 aliphatic heterocycles. The standard InChI is InChI=1S/C18H24N4O3/c1-22(14-10-11-19-12-14)17(23)5-3-4-16-20-18(21-25-16)13-6-8-15(24-2)9-7-13/h6-9,14,19H,3-5,10-12H2,1-2H3. The first-order chi connectivity index (χ1) is 12.2. The maximum absolute atomic E-state index is 12.2. The molecule has 1 saturated heterocycles. The fourth-order valence-corrected chi connectivity index (χ4v) is 2.95. The topological polar surface area (TPSA) is 80.5 Å². The van der Waals surface area contributed by atoms with E-state index in [1.54, 1.807) is 7.11 Å². The van der Waals surface area contributed by atoms with Crippen LogP contribution in [0.2, 0.25) is 0 Å². The Morgan fingerprint density at radius 2 is 2.20 bits per heavy atom. The predicted octanol–water partition coefficient (Wildman–Crippen LogP) is 1.89. The van der Waals surface area contributed by atoms with E-state index in [9.17, 15) is 4.79 Å². The zero-order chi connectivity index (χ0) is 17.6. The smallest absolute Gasteiger partial charge is 0.226 e. The molecule has 0 aliphatic carbocycles. The Bertz CT molecular complexity index is 693. The second kappa shape index (κ2) is 8.11. The monoisotopic (exact) mass is 344 g/mol. The Kier molecular flexibility index (Phi) is 5.65. The van der Waals surface area contributed by atoms with Crippen LogP contribution in [-0.2, 0) is 11.2 Å². The van der Waals surface area contributed by atoms with Crippen LogP contribution in [0.4, 0.5) is 0 Å². The van der Waals surface area contributed by atoms with Crippen LogP contribution >= 0.6 is 0 Å². The van der Waals surface area contributed by atoms with Gasteiger partial charge in [0, 0.05) is 38.0 Å². The van der Waals surface area contributed by atoms with E-state index in [2.05, 4.69) is 15.5 Å². The van der Waals surface area contributed by atoms with Gasteiger partial charge in [-0.1, -0.05) is 5.16 Å². The lowest BCUT2D eigenvalue weighted by Gasteiger charge is -2.23. The summed E-state index contributed by atoms with van der Waals surface area (Å²) >= 11 is 0. The van der Waals surface area contributed by atoms with Crippen molar-refractivity contribution in [2.45, 2.75) is 31.7 Å². The fourth-order valence-electron chi connectivity index (χ4n) is 2.95. The number of carbonyl (C=O) groups is 1. The van der Waals surface area contributed by atoms with Gasteiger partial charge in [0.15, 0.2) is 0 Å². The molecule has 1 amide bonds. The average Bonchev–Trinajstić information content (AvgIpc) is 3.33. The second-order valence-electron chi connectivity index (χ2n) is 6.25. The lowest BCUT2D eigenvalue weighted by atomic mass is 10.1. The molecular formula is C18H24N4O3. The van der Waals surface area contributed by atoms with Crippen molar-refractivity contribution in [2.75, 3.05) is 27.2 Å². The zero-order valence-electron chi connectivity index (χ0n) is 14.7. The number of hydrogen-bond donors (Lipinski definition) is 1. The first-order valence-electron chi connectivity index (χ1n) is 8.61. The van der Waals surface area contributed by atoms with Crippen LogP contribution < -0.4 is 10.1 Å². The fraction of sp³-hybridized carbons (Fsp3) is 0.500. The Labute approximate surface area is 147 Å². The number of nitrogens with one attached hydrogen (secondary N) is 1. The van der Waals surface area contributed by atoms with Gasteiger partial charge in [0.25, 0.3) is 0 Å². The molecule has 1 aliphatic rings. The minimum atomic E-state index is 0.170. The number of carbonyl (C=O) groups excluding carboxylic acids is 1. The molecule has 0 saturated carbocycles. The number of likely N-dealkylation sites (N-methyl/N-ethyl adjacent to an activating group) is 1. The molecule has 7 heteroatoms. The number of methoxy groups -OCH3 is 1. The first kappa shape index (κ1) is 17.4. The quantitative estimate of drug-likeness (QED) is 0.826. The minimum absolute atomic E-state index is 0.170. The summed E-state index contributed by atoms with van der Waals surface area (Å²) in [6.45, 7) is 1.87. The van der Waals surface area contributed by atoms with Crippen molar-refractivity contribution >= 4 is 5.91 Å². The number of benzene rings is 1. The van der Waals surface area contributed by atoms with Crippen LogP contribution in [0, 0.1) is 0 Å². The Morgan fingerprint density at radius 1 is 1.40 bits per heavy atom. The molecule has 7 nitrogen and oxygen atoms in total. The van der Waals surface area contributed by atoms with Gasteiger partial charge < -0.3 is 19.5 Å². The van der Waals surface area contributed by atoms with Gasteiger partial charge in [-0.25, -0.2) is 0 Å². The van der Waals surface area contributed by atoms with Crippen molar-refractivity contribution < 1.29 is 14.1 Å². The summed E-state index contributed by atoms with van der Waals surface area (Å²) in [6.07, 6.45) is 2.82. The van der Waals surface area contributed by atoms with Crippen LogP contribution in [0.5, 0.6) is 5.75 Å². The number of aromatic nitrogens is 2. The highest BCUT2D eigenvalue weighted by Crippen LogP contribution is 2.20. The third kappa shape index (κ3) is 4.36. The van der Waals surface area contributed by atoms with Crippen molar-refractivity contribution in [3.8, 4) is 17.1 Å². The number of rotatable bonds is 7. The lowest BCUT2D eigenvalue weighted by Crippen LogP contribution is -2.38. The second-order valence-corrected chi connectivity index (χ2v) is 6.25. The maximum Gasteiger partial charge on any atom is 0.226 e.